The Hall–Kier alpha value is -4.00. The quantitative estimate of drug-likeness (QED) is 0.195. The van der Waals surface area contributed by atoms with E-state index in [1.807, 2.05) is 83.8 Å². The van der Waals surface area contributed by atoms with Crippen molar-refractivity contribution < 1.29 is 9.53 Å². The minimum Gasteiger partial charge on any atom is -0.492 e. The molecule has 5 aromatic rings. The van der Waals surface area contributed by atoms with Gasteiger partial charge in [0.2, 0.25) is 5.91 Å². The molecule has 1 aliphatic rings. The zero-order chi connectivity index (χ0) is 27.5. The molecule has 0 saturated heterocycles. The summed E-state index contributed by atoms with van der Waals surface area (Å²) in [6, 6.07) is 25.0. The number of carbonyl (C=O) groups is 1. The largest absolute Gasteiger partial charge is 0.492 e. The highest BCUT2D eigenvalue weighted by Gasteiger charge is 2.34. The van der Waals surface area contributed by atoms with Crippen LogP contribution in [0.25, 0.3) is 10.9 Å². The molecular weight excluding hydrogens is 543 g/mol. The Labute approximate surface area is 242 Å². The van der Waals surface area contributed by atoms with Gasteiger partial charge in [-0.25, -0.2) is 0 Å². The van der Waals surface area contributed by atoms with Crippen molar-refractivity contribution in [3.05, 3.63) is 124 Å². The Morgan fingerprint density at radius 3 is 2.60 bits per heavy atom. The van der Waals surface area contributed by atoms with Gasteiger partial charge >= 0.3 is 0 Å². The molecular formula is C32H28Cl2N4O2. The number of carbonyl (C=O) groups excluding carboxylic acids is 1. The third kappa shape index (κ3) is 5.64. The van der Waals surface area contributed by atoms with Crippen molar-refractivity contribution >= 4 is 45.7 Å². The summed E-state index contributed by atoms with van der Waals surface area (Å²) in [5, 5.41) is 5.76. The Morgan fingerprint density at radius 2 is 1.82 bits per heavy atom. The second kappa shape index (κ2) is 11.6. The molecule has 0 radical (unpaired) electrons. The summed E-state index contributed by atoms with van der Waals surface area (Å²) in [6.45, 7) is 1.78. The van der Waals surface area contributed by atoms with Crippen LogP contribution in [-0.4, -0.2) is 40.5 Å². The average molecular weight is 572 g/mol. The van der Waals surface area contributed by atoms with Gasteiger partial charge in [0.15, 0.2) is 0 Å². The van der Waals surface area contributed by atoms with E-state index in [2.05, 4.69) is 15.3 Å². The van der Waals surface area contributed by atoms with Gasteiger partial charge in [-0.3, -0.25) is 9.78 Å². The SMILES string of the molecule is O=C(Cc1ccc(Cl)cc1)N1CCc2c([nH]c3ccc(Cl)cc23)[C@@H]1c1ccc(OCCNc2cccnc2)cc1. The number of aromatic amines is 1. The maximum Gasteiger partial charge on any atom is 0.227 e. The van der Waals surface area contributed by atoms with Crippen LogP contribution in [-0.2, 0) is 17.6 Å². The van der Waals surface area contributed by atoms with Crippen LogP contribution < -0.4 is 10.1 Å². The standard InChI is InChI=1S/C32H28Cl2N4O2/c33-23-7-3-21(4-8-23)18-30(39)38-16-13-27-28-19-24(34)9-12-29(28)37-31(27)32(38)22-5-10-26(11-6-22)40-17-15-36-25-2-1-14-35-20-25/h1-12,14,19-20,32,36-37H,13,15-18H2/t32-/m0/s1. The van der Waals surface area contributed by atoms with Crippen molar-refractivity contribution in [3.63, 3.8) is 0 Å². The highest BCUT2D eigenvalue weighted by Crippen LogP contribution is 2.39. The fourth-order valence-electron chi connectivity index (χ4n) is 5.33. The molecule has 0 bridgehead atoms. The molecule has 3 heterocycles. The molecule has 2 aromatic heterocycles. The van der Waals surface area contributed by atoms with Crippen molar-refractivity contribution in [2.45, 2.75) is 18.9 Å². The number of benzene rings is 3. The number of hydrogen-bond acceptors (Lipinski definition) is 4. The minimum atomic E-state index is -0.254. The zero-order valence-electron chi connectivity index (χ0n) is 21.7. The molecule has 1 amide bonds. The number of fused-ring (bicyclic) bond motifs is 3. The lowest BCUT2D eigenvalue weighted by molar-refractivity contribution is -0.132. The van der Waals surface area contributed by atoms with Crippen LogP contribution in [0.4, 0.5) is 5.69 Å². The number of pyridine rings is 1. The predicted octanol–water partition coefficient (Wildman–Crippen LogP) is 7.08. The Morgan fingerprint density at radius 1 is 1.02 bits per heavy atom. The molecule has 40 heavy (non-hydrogen) atoms. The van der Waals surface area contributed by atoms with Crippen LogP contribution in [0.3, 0.4) is 0 Å². The first-order valence-corrected chi connectivity index (χ1v) is 14.0. The number of nitrogens with zero attached hydrogens (tertiary/aromatic N) is 2. The van der Waals surface area contributed by atoms with E-state index >= 15 is 0 Å². The van der Waals surface area contributed by atoms with Crippen molar-refractivity contribution in [3.8, 4) is 5.75 Å². The third-order valence-corrected chi connectivity index (χ3v) is 7.72. The van der Waals surface area contributed by atoms with Gasteiger partial charge in [-0.1, -0.05) is 47.5 Å². The summed E-state index contributed by atoms with van der Waals surface area (Å²) < 4.78 is 5.97. The molecule has 3 aromatic carbocycles. The van der Waals surface area contributed by atoms with Gasteiger partial charge in [0.1, 0.15) is 12.4 Å². The number of amides is 1. The van der Waals surface area contributed by atoms with E-state index in [0.29, 0.717) is 36.2 Å². The maximum atomic E-state index is 13.7. The molecule has 0 fully saturated rings. The number of hydrogen-bond donors (Lipinski definition) is 2. The van der Waals surface area contributed by atoms with Gasteiger partial charge in [-0.05, 0) is 77.7 Å². The van der Waals surface area contributed by atoms with Crippen LogP contribution in [0.5, 0.6) is 5.75 Å². The topological polar surface area (TPSA) is 70.2 Å². The second-order valence-electron chi connectivity index (χ2n) is 9.84. The first-order chi connectivity index (χ1) is 19.5. The first kappa shape index (κ1) is 26.2. The molecule has 1 atom stereocenters. The van der Waals surface area contributed by atoms with Crippen molar-refractivity contribution in [2.75, 3.05) is 25.0 Å². The van der Waals surface area contributed by atoms with Crippen LogP contribution in [0.1, 0.15) is 28.4 Å². The van der Waals surface area contributed by atoms with Gasteiger partial charge in [0, 0.05) is 52.1 Å². The van der Waals surface area contributed by atoms with Crippen molar-refractivity contribution in [1.82, 2.24) is 14.9 Å². The fourth-order valence-corrected chi connectivity index (χ4v) is 5.63. The number of nitrogens with one attached hydrogen (secondary N) is 2. The lowest BCUT2D eigenvalue weighted by atomic mass is 9.91. The van der Waals surface area contributed by atoms with Gasteiger partial charge in [-0.2, -0.15) is 0 Å². The van der Waals surface area contributed by atoms with Gasteiger partial charge in [-0.15, -0.1) is 0 Å². The summed E-state index contributed by atoms with van der Waals surface area (Å²) in [5.41, 5.74) is 6.17. The molecule has 0 saturated carbocycles. The molecule has 6 nitrogen and oxygen atoms in total. The van der Waals surface area contributed by atoms with Gasteiger partial charge in [0.05, 0.1) is 18.2 Å². The number of ether oxygens (including phenoxy) is 1. The Bertz CT molecular complexity index is 1620. The summed E-state index contributed by atoms with van der Waals surface area (Å²) in [7, 11) is 0. The summed E-state index contributed by atoms with van der Waals surface area (Å²) >= 11 is 12.4. The molecule has 0 unspecified atom stereocenters. The van der Waals surface area contributed by atoms with E-state index in [1.165, 1.54) is 5.56 Å². The van der Waals surface area contributed by atoms with Crippen LogP contribution in [0.2, 0.25) is 10.0 Å². The smallest absolute Gasteiger partial charge is 0.227 e. The lowest BCUT2D eigenvalue weighted by Gasteiger charge is -2.36. The van der Waals surface area contributed by atoms with Gasteiger partial charge in [0.25, 0.3) is 0 Å². The number of anilines is 1. The molecule has 202 valence electrons. The summed E-state index contributed by atoms with van der Waals surface area (Å²) in [6.07, 6.45) is 4.59. The highest BCUT2D eigenvalue weighted by atomic mass is 35.5. The number of rotatable bonds is 8. The Kier molecular flexibility index (Phi) is 7.62. The van der Waals surface area contributed by atoms with Crippen LogP contribution in [0.15, 0.2) is 91.3 Å². The summed E-state index contributed by atoms with van der Waals surface area (Å²) in [4.78, 5) is 23.4. The number of H-pyrrole nitrogens is 1. The van der Waals surface area contributed by atoms with Crippen LogP contribution >= 0.6 is 23.2 Å². The second-order valence-corrected chi connectivity index (χ2v) is 10.7. The monoisotopic (exact) mass is 570 g/mol. The van der Waals surface area contributed by atoms with Gasteiger partial charge < -0.3 is 19.9 Å². The van der Waals surface area contributed by atoms with E-state index in [9.17, 15) is 4.79 Å². The molecule has 0 aliphatic carbocycles. The minimum absolute atomic E-state index is 0.0662. The van der Waals surface area contributed by atoms with Crippen molar-refractivity contribution in [1.29, 1.82) is 0 Å². The lowest BCUT2D eigenvalue weighted by Crippen LogP contribution is -2.41. The number of halogens is 2. The van der Waals surface area contributed by atoms with E-state index in [4.69, 9.17) is 27.9 Å². The molecule has 8 heteroatoms. The first-order valence-electron chi connectivity index (χ1n) is 13.3. The fraction of sp³-hybridized carbons (Fsp3) is 0.188. The number of aromatic nitrogens is 2. The van der Waals surface area contributed by atoms with E-state index in [0.717, 1.165) is 45.6 Å². The van der Waals surface area contributed by atoms with Crippen LogP contribution in [0, 0.1) is 0 Å². The molecule has 2 N–H and O–H groups in total. The molecule has 1 aliphatic heterocycles. The normalized spacial score (nSPS) is 14.7. The molecule has 0 spiro atoms. The zero-order valence-corrected chi connectivity index (χ0v) is 23.3. The maximum absolute atomic E-state index is 13.7. The van der Waals surface area contributed by atoms with E-state index < -0.39 is 0 Å². The Balaban J connectivity index is 1.25. The molecule has 6 rings (SSSR count). The van der Waals surface area contributed by atoms with Crippen molar-refractivity contribution in [2.24, 2.45) is 0 Å². The van der Waals surface area contributed by atoms with E-state index in [1.54, 1.807) is 12.4 Å². The summed E-state index contributed by atoms with van der Waals surface area (Å²) in [5.74, 6) is 0.840. The third-order valence-electron chi connectivity index (χ3n) is 7.24. The highest BCUT2D eigenvalue weighted by molar-refractivity contribution is 6.31. The predicted molar refractivity (Wildman–Crippen MR) is 160 cm³/mol. The average Bonchev–Trinajstić information content (AvgIpc) is 3.35. The van der Waals surface area contributed by atoms with E-state index in [-0.39, 0.29) is 11.9 Å².